The highest BCUT2D eigenvalue weighted by atomic mass is 31.1. The van der Waals surface area contributed by atoms with Crippen molar-refractivity contribution in [2.45, 2.75) is 45.7 Å². The Hall–Kier alpha value is 0.170. The highest BCUT2D eigenvalue weighted by molar-refractivity contribution is 7.57. The van der Waals surface area contributed by atoms with Crippen LogP contribution in [0.4, 0.5) is 0 Å². The van der Waals surface area contributed by atoms with Gasteiger partial charge in [0.1, 0.15) is 0 Å². The van der Waals surface area contributed by atoms with Crippen molar-refractivity contribution in [2.75, 3.05) is 13.3 Å². The van der Waals surface area contributed by atoms with E-state index < -0.39 is 0 Å². The monoisotopic (exact) mass is 200 g/mol. The van der Waals surface area contributed by atoms with Crippen molar-refractivity contribution in [2.24, 2.45) is 5.92 Å². The van der Waals surface area contributed by atoms with Gasteiger partial charge in [0.25, 0.3) is 0 Å². The summed E-state index contributed by atoms with van der Waals surface area (Å²) in [5.41, 5.74) is 0. The minimum atomic E-state index is 0.173. The molecule has 0 rings (SSSR count). The molecule has 0 saturated carbocycles. The predicted molar refractivity (Wildman–Crippen MR) is 66.1 cm³/mol. The second-order valence-corrected chi connectivity index (χ2v) is 8.01. The van der Waals surface area contributed by atoms with Crippen LogP contribution in [-0.2, 0) is 0 Å². The predicted octanol–water partition coefficient (Wildman–Crippen LogP) is 4.50. The zero-order valence-electron chi connectivity index (χ0n) is 10.1. The first-order valence-electron chi connectivity index (χ1n) is 5.18. The lowest BCUT2D eigenvalue weighted by Crippen LogP contribution is -2.14. The highest BCUT2D eigenvalue weighted by Gasteiger charge is 2.19. The summed E-state index contributed by atoms with van der Waals surface area (Å²) in [6, 6.07) is 0. The van der Waals surface area contributed by atoms with Gasteiger partial charge in [-0.2, -0.15) is 0 Å². The first kappa shape index (κ1) is 13.2. The standard InChI is InChI=1S/C12H25P/c1-11(2)9-7-8-10-12(3,4)13(5)6/h7-8,11H,9-10H2,1-6H3/b8-7-. The normalized spacial score (nSPS) is 13.5. The van der Waals surface area contributed by atoms with Crippen molar-refractivity contribution in [3.63, 3.8) is 0 Å². The van der Waals surface area contributed by atoms with E-state index in [-0.39, 0.29) is 7.92 Å². The fourth-order valence-corrected chi connectivity index (χ4v) is 1.39. The molecule has 0 radical (unpaired) electrons. The van der Waals surface area contributed by atoms with Gasteiger partial charge in [0.2, 0.25) is 0 Å². The first-order valence-corrected chi connectivity index (χ1v) is 7.42. The molecule has 0 unspecified atom stereocenters. The molecule has 0 saturated heterocycles. The van der Waals surface area contributed by atoms with Crippen molar-refractivity contribution < 1.29 is 0 Å². The molecule has 0 aliphatic carbocycles. The summed E-state index contributed by atoms with van der Waals surface area (Å²) in [6.07, 6.45) is 7.16. The van der Waals surface area contributed by atoms with Crippen LogP contribution in [0.15, 0.2) is 12.2 Å². The second kappa shape index (κ2) is 5.81. The van der Waals surface area contributed by atoms with Gasteiger partial charge >= 0.3 is 0 Å². The van der Waals surface area contributed by atoms with E-state index in [4.69, 9.17) is 0 Å². The lowest BCUT2D eigenvalue weighted by atomic mass is 10.1. The van der Waals surface area contributed by atoms with Crippen molar-refractivity contribution in [1.82, 2.24) is 0 Å². The van der Waals surface area contributed by atoms with Crippen molar-refractivity contribution in [1.29, 1.82) is 0 Å². The Bertz CT molecular complexity index is 155. The molecule has 0 nitrogen and oxygen atoms in total. The molecule has 0 aromatic heterocycles. The smallest absolute Gasteiger partial charge is 0.0121 e. The van der Waals surface area contributed by atoms with Gasteiger partial charge in [-0.3, -0.25) is 0 Å². The summed E-state index contributed by atoms with van der Waals surface area (Å²) in [5, 5.41) is 0.517. The Morgan fingerprint density at radius 1 is 1.15 bits per heavy atom. The van der Waals surface area contributed by atoms with E-state index in [9.17, 15) is 0 Å². The van der Waals surface area contributed by atoms with Gasteiger partial charge in [0, 0.05) is 0 Å². The molecule has 0 heterocycles. The third-order valence-electron chi connectivity index (χ3n) is 2.60. The Balaban J connectivity index is 3.80. The van der Waals surface area contributed by atoms with Crippen LogP contribution in [0.3, 0.4) is 0 Å². The largest absolute Gasteiger partial charge is 0.107 e. The summed E-state index contributed by atoms with van der Waals surface area (Å²) in [7, 11) is 0.173. The number of allylic oxidation sites excluding steroid dienone is 2. The quantitative estimate of drug-likeness (QED) is 0.453. The zero-order chi connectivity index (χ0) is 10.5. The maximum atomic E-state index is 2.37. The molecular formula is C12H25P. The van der Waals surface area contributed by atoms with Gasteiger partial charge in [-0.25, -0.2) is 0 Å². The Kier molecular flexibility index (Phi) is 5.88. The summed E-state index contributed by atoms with van der Waals surface area (Å²) >= 11 is 0. The van der Waals surface area contributed by atoms with Crippen LogP contribution in [0.25, 0.3) is 0 Å². The molecule has 0 aromatic rings. The fraction of sp³-hybridized carbons (Fsp3) is 0.833. The second-order valence-electron chi connectivity index (χ2n) is 5.01. The molecule has 0 aliphatic rings. The van der Waals surface area contributed by atoms with Crippen molar-refractivity contribution in [3.8, 4) is 0 Å². The topological polar surface area (TPSA) is 0 Å². The minimum absolute atomic E-state index is 0.173. The third kappa shape index (κ3) is 6.27. The van der Waals surface area contributed by atoms with E-state index in [1.807, 2.05) is 0 Å². The van der Waals surface area contributed by atoms with E-state index in [2.05, 4.69) is 53.2 Å². The lowest BCUT2D eigenvalue weighted by molar-refractivity contribution is 0.656. The molecule has 1 heteroatoms. The molecular weight excluding hydrogens is 175 g/mol. The third-order valence-corrected chi connectivity index (χ3v) is 5.21. The number of hydrogen-bond donors (Lipinski definition) is 0. The first-order chi connectivity index (χ1) is 5.86. The van der Waals surface area contributed by atoms with Gasteiger partial charge in [-0.05, 0) is 37.2 Å². The molecule has 0 atom stereocenters. The van der Waals surface area contributed by atoms with Gasteiger partial charge in [0.05, 0.1) is 0 Å². The Morgan fingerprint density at radius 3 is 2.08 bits per heavy atom. The van der Waals surface area contributed by atoms with Crippen LogP contribution in [-0.4, -0.2) is 18.5 Å². The zero-order valence-corrected chi connectivity index (χ0v) is 11.0. The van der Waals surface area contributed by atoms with E-state index in [1.165, 1.54) is 12.8 Å². The summed E-state index contributed by atoms with van der Waals surface area (Å²) in [6.45, 7) is 14.0. The van der Waals surface area contributed by atoms with Gasteiger partial charge in [-0.1, -0.05) is 39.8 Å². The SMILES string of the molecule is CC(C)C/C=C\CC(C)(C)P(C)C. The number of hydrogen-bond acceptors (Lipinski definition) is 0. The maximum absolute atomic E-state index is 2.37. The maximum Gasteiger partial charge on any atom is -0.0121 e. The van der Waals surface area contributed by atoms with E-state index in [0.717, 1.165) is 5.92 Å². The Morgan fingerprint density at radius 2 is 1.69 bits per heavy atom. The average molecular weight is 200 g/mol. The lowest BCUT2D eigenvalue weighted by Gasteiger charge is -2.28. The Labute approximate surface area is 85.6 Å². The van der Waals surface area contributed by atoms with Crippen LogP contribution in [0.1, 0.15) is 40.5 Å². The van der Waals surface area contributed by atoms with Gasteiger partial charge in [-0.15, -0.1) is 7.92 Å². The van der Waals surface area contributed by atoms with Gasteiger partial charge < -0.3 is 0 Å². The molecule has 0 spiro atoms. The average Bonchev–Trinajstić information content (AvgIpc) is 1.97. The van der Waals surface area contributed by atoms with Crippen LogP contribution in [0.2, 0.25) is 0 Å². The highest BCUT2D eigenvalue weighted by Crippen LogP contribution is 2.44. The molecule has 0 bridgehead atoms. The fourth-order valence-electron chi connectivity index (χ4n) is 0.923. The molecule has 0 aromatic carbocycles. The van der Waals surface area contributed by atoms with Crippen molar-refractivity contribution >= 4 is 7.92 Å². The molecule has 78 valence electrons. The molecule has 0 amide bonds. The summed E-state index contributed by atoms with van der Waals surface area (Å²) < 4.78 is 0. The summed E-state index contributed by atoms with van der Waals surface area (Å²) in [5.74, 6) is 0.795. The van der Waals surface area contributed by atoms with Crippen LogP contribution >= 0.6 is 7.92 Å². The minimum Gasteiger partial charge on any atom is -0.107 e. The molecule has 0 fully saturated rings. The molecule has 0 aliphatic heterocycles. The van der Waals surface area contributed by atoms with Crippen LogP contribution < -0.4 is 0 Å². The molecule has 0 N–H and O–H groups in total. The summed E-state index contributed by atoms with van der Waals surface area (Å²) in [4.78, 5) is 0. The van der Waals surface area contributed by atoms with E-state index >= 15 is 0 Å². The van der Waals surface area contributed by atoms with Gasteiger partial charge in [0.15, 0.2) is 0 Å². The number of rotatable bonds is 5. The molecule has 13 heavy (non-hydrogen) atoms. The van der Waals surface area contributed by atoms with E-state index in [1.54, 1.807) is 0 Å². The van der Waals surface area contributed by atoms with Crippen LogP contribution in [0.5, 0.6) is 0 Å². The van der Waals surface area contributed by atoms with E-state index in [0.29, 0.717) is 5.16 Å². The van der Waals surface area contributed by atoms with Crippen molar-refractivity contribution in [3.05, 3.63) is 12.2 Å². The van der Waals surface area contributed by atoms with Crippen LogP contribution in [0, 0.1) is 5.92 Å².